The van der Waals surface area contributed by atoms with Crippen LogP contribution < -0.4 is 0 Å². The van der Waals surface area contributed by atoms with Crippen LogP contribution in [0.5, 0.6) is 0 Å². The van der Waals surface area contributed by atoms with Gasteiger partial charge in [0, 0.05) is 6.04 Å². The van der Waals surface area contributed by atoms with Crippen molar-refractivity contribution in [2.24, 2.45) is 0 Å². The van der Waals surface area contributed by atoms with Gasteiger partial charge in [-0.2, -0.15) is 5.10 Å². The summed E-state index contributed by atoms with van der Waals surface area (Å²) in [5.74, 6) is 1.56. The quantitative estimate of drug-likeness (QED) is 0.728. The molecular weight excluding hydrogens is 186 g/mol. The molecule has 2 heterocycles. The molecule has 0 atom stereocenters. The van der Waals surface area contributed by atoms with Crippen LogP contribution >= 0.6 is 12.2 Å². The van der Waals surface area contributed by atoms with Crippen LogP contribution in [0.25, 0.3) is 0 Å². The Hall–Kier alpha value is -0.680. The highest BCUT2D eigenvalue weighted by Gasteiger charge is 2.32. The smallest absolute Gasteiger partial charge is 0.195 e. The van der Waals surface area contributed by atoms with Crippen molar-refractivity contribution >= 4 is 12.2 Å². The molecule has 1 aromatic heterocycles. The molecule has 2 aliphatic rings. The van der Waals surface area contributed by atoms with Crippen molar-refractivity contribution < 1.29 is 4.74 Å². The maximum atomic E-state index is 5.18. The highest BCUT2D eigenvalue weighted by atomic mass is 32.1. The van der Waals surface area contributed by atoms with Crippen molar-refractivity contribution in [3.63, 3.8) is 0 Å². The monoisotopic (exact) mass is 197 g/mol. The number of H-pyrrole nitrogens is 1. The van der Waals surface area contributed by atoms with E-state index in [1.54, 1.807) is 0 Å². The van der Waals surface area contributed by atoms with Gasteiger partial charge in [0.1, 0.15) is 5.82 Å². The van der Waals surface area contributed by atoms with Crippen LogP contribution in [0.2, 0.25) is 0 Å². The van der Waals surface area contributed by atoms with Crippen molar-refractivity contribution in [1.29, 1.82) is 0 Å². The molecular formula is C8H11N3OS. The fourth-order valence-electron chi connectivity index (χ4n) is 1.68. The van der Waals surface area contributed by atoms with Gasteiger partial charge in [0.05, 0.1) is 19.1 Å². The summed E-state index contributed by atoms with van der Waals surface area (Å²) in [4.78, 5) is 0. The Kier molecular flexibility index (Phi) is 1.57. The molecule has 0 aromatic carbocycles. The average molecular weight is 197 g/mol. The molecule has 1 saturated heterocycles. The number of ether oxygens (including phenoxy) is 1. The zero-order valence-corrected chi connectivity index (χ0v) is 8.01. The van der Waals surface area contributed by atoms with E-state index in [0.29, 0.717) is 12.0 Å². The van der Waals surface area contributed by atoms with E-state index in [1.807, 2.05) is 0 Å². The summed E-state index contributed by atoms with van der Waals surface area (Å²) in [6.45, 7) is 1.60. The van der Waals surface area contributed by atoms with Crippen molar-refractivity contribution in [2.75, 3.05) is 13.2 Å². The zero-order valence-electron chi connectivity index (χ0n) is 7.19. The van der Waals surface area contributed by atoms with Crippen molar-refractivity contribution in [2.45, 2.75) is 24.8 Å². The lowest BCUT2D eigenvalue weighted by molar-refractivity contribution is 0.00327. The Labute approximate surface area is 80.9 Å². The second-order valence-corrected chi connectivity index (χ2v) is 4.11. The third-order valence-corrected chi connectivity index (χ3v) is 2.93. The third kappa shape index (κ3) is 1.14. The standard InChI is InChI=1S/C8H11N3OS/c13-8-10-9-7(5-3-12-4-5)11(8)6-1-2-6/h5-6H,1-4H2,(H,10,13). The number of aromatic amines is 1. The van der Waals surface area contributed by atoms with Gasteiger partial charge in [-0.15, -0.1) is 0 Å². The van der Waals surface area contributed by atoms with Gasteiger partial charge in [-0.25, -0.2) is 0 Å². The molecule has 0 amide bonds. The van der Waals surface area contributed by atoms with Crippen LogP contribution in [-0.2, 0) is 4.74 Å². The van der Waals surface area contributed by atoms with Crippen molar-refractivity contribution in [1.82, 2.24) is 14.8 Å². The SMILES string of the molecule is S=c1[nH]nc(C2COC2)n1C1CC1. The van der Waals surface area contributed by atoms with Gasteiger partial charge < -0.3 is 9.30 Å². The Morgan fingerprint density at radius 1 is 1.46 bits per heavy atom. The summed E-state index contributed by atoms with van der Waals surface area (Å²) in [5.41, 5.74) is 0. The summed E-state index contributed by atoms with van der Waals surface area (Å²) in [6.07, 6.45) is 2.49. The van der Waals surface area contributed by atoms with E-state index in [0.717, 1.165) is 23.8 Å². The molecule has 0 unspecified atom stereocenters. The van der Waals surface area contributed by atoms with Crippen LogP contribution in [0, 0.1) is 4.77 Å². The molecule has 1 aliphatic heterocycles. The lowest BCUT2D eigenvalue weighted by atomic mass is 10.1. The molecule has 1 saturated carbocycles. The number of aromatic nitrogens is 3. The second kappa shape index (κ2) is 2.65. The zero-order chi connectivity index (χ0) is 8.84. The predicted molar refractivity (Wildman–Crippen MR) is 49.2 cm³/mol. The maximum absolute atomic E-state index is 5.18. The molecule has 0 spiro atoms. The maximum Gasteiger partial charge on any atom is 0.195 e. The van der Waals surface area contributed by atoms with Gasteiger partial charge in [-0.05, 0) is 25.1 Å². The predicted octanol–water partition coefficient (Wildman–Crippen LogP) is 1.39. The lowest BCUT2D eigenvalue weighted by Gasteiger charge is -2.25. The van der Waals surface area contributed by atoms with E-state index in [9.17, 15) is 0 Å². The first-order valence-electron chi connectivity index (χ1n) is 4.61. The summed E-state index contributed by atoms with van der Waals surface area (Å²) in [5, 5.41) is 7.13. The van der Waals surface area contributed by atoms with Gasteiger partial charge in [0.15, 0.2) is 4.77 Å². The molecule has 0 bridgehead atoms. The first kappa shape index (κ1) is 7.70. The minimum Gasteiger partial charge on any atom is -0.380 e. The summed E-state index contributed by atoms with van der Waals surface area (Å²) >= 11 is 5.18. The van der Waals surface area contributed by atoms with E-state index in [-0.39, 0.29) is 0 Å². The normalized spacial score (nSPS) is 23.1. The molecule has 2 fully saturated rings. The summed E-state index contributed by atoms with van der Waals surface area (Å²) in [6, 6.07) is 0.613. The minimum absolute atomic E-state index is 0.466. The molecule has 4 nitrogen and oxygen atoms in total. The van der Waals surface area contributed by atoms with E-state index in [4.69, 9.17) is 17.0 Å². The highest BCUT2D eigenvalue weighted by molar-refractivity contribution is 7.71. The second-order valence-electron chi connectivity index (χ2n) is 3.72. The van der Waals surface area contributed by atoms with Gasteiger partial charge in [0.25, 0.3) is 0 Å². The highest BCUT2D eigenvalue weighted by Crippen LogP contribution is 2.38. The number of nitrogens with one attached hydrogen (secondary N) is 1. The fourth-order valence-corrected chi connectivity index (χ4v) is 1.96. The molecule has 1 aromatic rings. The first-order valence-corrected chi connectivity index (χ1v) is 5.01. The average Bonchev–Trinajstić information content (AvgIpc) is 2.76. The third-order valence-electron chi connectivity index (χ3n) is 2.65. The van der Waals surface area contributed by atoms with Crippen molar-refractivity contribution in [3.05, 3.63) is 10.6 Å². The molecule has 5 heteroatoms. The molecule has 1 N–H and O–H groups in total. The number of rotatable bonds is 2. The fraction of sp³-hybridized carbons (Fsp3) is 0.750. The van der Waals surface area contributed by atoms with Gasteiger partial charge in [-0.1, -0.05) is 0 Å². The summed E-state index contributed by atoms with van der Waals surface area (Å²) in [7, 11) is 0. The van der Waals surface area contributed by atoms with Gasteiger partial charge in [-0.3, -0.25) is 5.10 Å². The molecule has 70 valence electrons. The van der Waals surface area contributed by atoms with Crippen LogP contribution in [0.4, 0.5) is 0 Å². The number of hydrogen-bond acceptors (Lipinski definition) is 3. The van der Waals surface area contributed by atoms with E-state index in [1.165, 1.54) is 12.8 Å². The number of hydrogen-bond donors (Lipinski definition) is 1. The Morgan fingerprint density at radius 3 is 2.77 bits per heavy atom. The summed E-state index contributed by atoms with van der Waals surface area (Å²) < 4.78 is 8.09. The molecule has 1 aliphatic carbocycles. The van der Waals surface area contributed by atoms with Crippen LogP contribution in [-0.4, -0.2) is 28.0 Å². The van der Waals surface area contributed by atoms with E-state index >= 15 is 0 Å². The van der Waals surface area contributed by atoms with Crippen LogP contribution in [0.15, 0.2) is 0 Å². The Bertz CT molecular complexity index is 375. The van der Waals surface area contributed by atoms with Gasteiger partial charge in [0.2, 0.25) is 0 Å². The van der Waals surface area contributed by atoms with Crippen molar-refractivity contribution in [3.8, 4) is 0 Å². The lowest BCUT2D eigenvalue weighted by Crippen LogP contribution is -2.28. The molecule has 3 rings (SSSR count). The first-order chi connectivity index (χ1) is 6.36. The topological polar surface area (TPSA) is 42.8 Å². The van der Waals surface area contributed by atoms with Gasteiger partial charge >= 0.3 is 0 Å². The van der Waals surface area contributed by atoms with Crippen LogP contribution in [0.3, 0.4) is 0 Å². The minimum atomic E-state index is 0.466. The number of nitrogens with zero attached hydrogens (tertiary/aromatic N) is 2. The largest absolute Gasteiger partial charge is 0.380 e. The Morgan fingerprint density at radius 2 is 2.23 bits per heavy atom. The Balaban J connectivity index is 2.02. The van der Waals surface area contributed by atoms with Crippen LogP contribution in [0.1, 0.15) is 30.6 Å². The van der Waals surface area contributed by atoms with E-state index in [2.05, 4.69) is 14.8 Å². The molecule has 13 heavy (non-hydrogen) atoms. The molecule has 0 radical (unpaired) electrons. The van der Waals surface area contributed by atoms with E-state index < -0.39 is 0 Å².